The normalized spacial score (nSPS) is 47.1. The van der Waals surface area contributed by atoms with E-state index in [0.29, 0.717) is 55.1 Å². The van der Waals surface area contributed by atoms with Crippen LogP contribution in [0.3, 0.4) is 0 Å². The molecule has 1 spiro atoms. The van der Waals surface area contributed by atoms with E-state index in [9.17, 15) is 19.9 Å². The minimum Gasteiger partial charge on any atom is -0.462 e. The van der Waals surface area contributed by atoms with Crippen LogP contribution in [0.2, 0.25) is 0 Å². The Bertz CT molecular complexity index is 1810. The predicted molar refractivity (Wildman–Crippen MR) is 230 cm³/mol. The average molecular weight is 886 g/mol. The topological polar surface area (TPSA) is 179 Å². The molecule has 0 saturated carbocycles. The Labute approximate surface area is 372 Å². The van der Waals surface area contributed by atoms with Crippen molar-refractivity contribution in [2.75, 3.05) is 20.8 Å². The van der Waals surface area contributed by atoms with Gasteiger partial charge in [0, 0.05) is 52.2 Å². The van der Waals surface area contributed by atoms with Gasteiger partial charge in [-0.25, -0.2) is 0 Å². The molecule has 2 N–H and O–H groups in total. The molecule has 5 fully saturated rings. The third-order valence-electron chi connectivity index (χ3n) is 14.7. The van der Waals surface area contributed by atoms with Gasteiger partial charge in [-0.2, -0.15) is 0 Å². The number of hydrogen-bond acceptors (Lipinski definition) is 15. The van der Waals surface area contributed by atoms with Gasteiger partial charge in [-0.3, -0.25) is 9.59 Å². The summed E-state index contributed by atoms with van der Waals surface area (Å²) < 4.78 is 63.7. The molecule has 352 valence electrons. The van der Waals surface area contributed by atoms with E-state index in [-0.39, 0.29) is 42.6 Å². The van der Waals surface area contributed by atoms with Crippen molar-refractivity contribution >= 4 is 17.5 Å². The fourth-order valence-electron chi connectivity index (χ4n) is 10.8. The van der Waals surface area contributed by atoms with Crippen LogP contribution in [-0.2, 0) is 57.0 Å². The summed E-state index contributed by atoms with van der Waals surface area (Å²) in [6, 6.07) is 0. The number of carbonyl (C=O) groups excluding carboxylic acids is 2. The molecule has 1 aliphatic carbocycles. The Kier molecular flexibility index (Phi) is 15.2. The van der Waals surface area contributed by atoms with E-state index >= 15 is 0 Å². The lowest BCUT2D eigenvalue weighted by Crippen LogP contribution is -2.57. The number of ether oxygens (including phenoxy) is 10. The number of ketones is 1. The van der Waals surface area contributed by atoms with Gasteiger partial charge >= 0.3 is 5.97 Å². The average Bonchev–Trinajstić information content (AvgIpc) is 3.59. The van der Waals surface area contributed by atoms with Crippen molar-refractivity contribution in [1.82, 2.24) is 0 Å². The molecule has 0 aromatic heterocycles. The molecule has 7 rings (SSSR count). The van der Waals surface area contributed by atoms with Gasteiger partial charge in [0.15, 0.2) is 24.2 Å². The number of aliphatic hydroxyl groups is 1. The molecular formula is C48H71NO14. The van der Waals surface area contributed by atoms with Gasteiger partial charge in [0.05, 0.1) is 37.1 Å². The highest BCUT2D eigenvalue weighted by Crippen LogP contribution is 2.47. The minimum atomic E-state index is -1.87. The molecule has 15 nitrogen and oxygen atoms in total. The maximum atomic E-state index is 14.4. The SMILES string of the molecule is CCC(C)C1OC2(CCC1C)CC1CC(C/C=C(\C)C(OC3CC(OC)C(OC4CC(OC)C(=O)C(C)O4)C(C)O3)C(C)/C=C/C=C3\COC4/C(=N/O)C(C)=CC(C(=O)O1)C34O)O2. The second-order valence-electron chi connectivity index (χ2n) is 19.1. The van der Waals surface area contributed by atoms with Crippen molar-refractivity contribution in [2.24, 2.45) is 28.8 Å². The van der Waals surface area contributed by atoms with Crippen molar-refractivity contribution in [3.05, 3.63) is 47.1 Å². The van der Waals surface area contributed by atoms with Crippen LogP contribution in [0.25, 0.3) is 0 Å². The number of hydrogen-bond donors (Lipinski definition) is 2. The Hall–Kier alpha value is -2.83. The molecule has 0 amide bonds. The summed E-state index contributed by atoms with van der Waals surface area (Å²) in [5.41, 5.74) is 0.240. The van der Waals surface area contributed by atoms with Gasteiger partial charge in [0.25, 0.3) is 0 Å². The number of nitrogens with zero attached hydrogens (tertiary/aromatic N) is 1. The van der Waals surface area contributed by atoms with E-state index in [0.717, 1.165) is 18.4 Å². The van der Waals surface area contributed by atoms with Gasteiger partial charge in [-0.1, -0.05) is 69.7 Å². The number of fused-ring (bicyclic) bond motifs is 2. The number of esters is 1. The van der Waals surface area contributed by atoms with Crippen LogP contribution in [-0.4, -0.2) is 134 Å². The zero-order valence-corrected chi connectivity index (χ0v) is 38.7. The molecule has 18 atom stereocenters. The van der Waals surface area contributed by atoms with Gasteiger partial charge in [-0.15, -0.1) is 0 Å². The fourth-order valence-corrected chi connectivity index (χ4v) is 10.8. The quantitative estimate of drug-likeness (QED) is 0.120. The molecule has 63 heavy (non-hydrogen) atoms. The highest BCUT2D eigenvalue weighted by molar-refractivity contribution is 6.07. The van der Waals surface area contributed by atoms with Crippen molar-refractivity contribution < 1.29 is 67.3 Å². The van der Waals surface area contributed by atoms with Gasteiger partial charge in [0.2, 0.25) is 0 Å². The Morgan fingerprint density at radius 2 is 1.75 bits per heavy atom. The van der Waals surface area contributed by atoms with E-state index < -0.39 is 84.7 Å². The molecule has 0 aromatic rings. The zero-order valence-electron chi connectivity index (χ0n) is 38.7. The van der Waals surface area contributed by atoms with Crippen LogP contribution in [0.15, 0.2) is 52.3 Å². The van der Waals surface area contributed by atoms with Crippen molar-refractivity contribution in [2.45, 2.75) is 192 Å². The molecular weight excluding hydrogens is 815 g/mol. The first-order valence-electron chi connectivity index (χ1n) is 23.1. The van der Waals surface area contributed by atoms with Gasteiger partial charge in [-0.05, 0) is 69.1 Å². The summed E-state index contributed by atoms with van der Waals surface area (Å²) in [4.78, 5) is 27.0. The highest BCUT2D eigenvalue weighted by Gasteiger charge is 2.60. The Morgan fingerprint density at radius 1 is 0.984 bits per heavy atom. The highest BCUT2D eigenvalue weighted by atomic mass is 16.7. The van der Waals surface area contributed by atoms with E-state index in [1.54, 1.807) is 33.1 Å². The molecule has 2 bridgehead atoms. The number of allylic oxidation sites excluding steroid dienone is 2. The first kappa shape index (κ1) is 48.1. The monoisotopic (exact) mass is 885 g/mol. The first-order chi connectivity index (χ1) is 30.0. The van der Waals surface area contributed by atoms with E-state index in [4.69, 9.17) is 47.4 Å². The van der Waals surface area contributed by atoms with Crippen LogP contribution >= 0.6 is 0 Å². The molecule has 15 heteroatoms. The third kappa shape index (κ3) is 9.84. The van der Waals surface area contributed by atoms with Crippen molar-refractivity contribution in [3.8, 4) is 0 Å². The molecule has 6 aliphatic heterocycles. The van der Waals surface area contributed by atoms with Crippen molar-refractivity contribution in [3.63, 3.8) is 0 Å². The van der Waals surface area contributed by atoms with Crippen LogP contribution in [0.1, 0.15) is 107 Å². The number of oxime groups is 1. The smallest absolute Gasteiger partial charge is 0.316 e. The lowest BCUT2D eigenvalue weighted by atomic mass is 9.71. The second kappa shape index (κ2) is 20.0. The number of Topliss-reactive ketones (excluding diaryl/α,β-unsaturated/α-hetero) is 1. The number of methoxy groups -OCH3 is 2. The van der Waals surface area contributed by atoms with Crippen molar-refractivity contribution in [1.29, 1.82) is 0 Å². The summed E-state index contributed by atoms with van der Waals surface area (Å²) >= 11 is 0. The first-order valence-corrected chi connectivity index (χ1v) is 23.1. The molecule has 7 aliphatic rings. The molecule has 6 heterocycles. The lowest BCUT2D eigenvalue weighted by Gasteiger charge is -2.51. The van der Waals surface area contributed by atoms with Crippen LogP contribution in [0.4, 0.5) is 0 Å². The summed E-state index contributed by atoms with van der Waals surface area (Å²) in [7, 11) is 3.15. The maximum absolute atomic E-state index is 14.4. The van der Waals surface area contributed by atoms with Crippen LogP contribution in [0, 0.1) is 23.7 Å². The fraction of sp³-hybridized carbons (Fsp3) is 0.771. The van der Waals surface area contributed by atoms with Crippen LogP contribution in [0.5, 0.6) is 0 Å². The molecule has 5 saturated heterocycles. The summed E-state index contributed by atoms with van der Waals surface area (Å²) in [5.74, 6) is -2.33. The minimum absolute atomic E-state index is 0.0107. The lowest BCUT2D eigenvalue weighted by molar-refractivity contribution is -0.340. The number of carbonyl (C=O) groups is 2. The third-order valence-corrected chi connectivity index (χ3v) is 14.7. The largest absolute Gasteiger partial charge is 0.462 e. The Morgan fingerprint density at radius 3 is 2.46 bits per heavy atom. The van der Waals surface area contributed by atoms with Gasteiger partial charge < -0.3 is 57.7 Å². The second-order valence-corrected chi connectivity index (χ2v) is 19.1. The van der Waals surface area contributed by atoms with Gasteiger partial charge in [0.1, 0.15) is 47.8 Å². The summed E-state index contributed by atoms with van der Waals surface area (Å²) in [6.07, 6.45) is 7.38. The standard InChI is InChI=1S/C48H71NO14/c1-11-25(2)43-28(5)17-18-47(63-43)23-34-20-33(62-47)16-15-27(4)42(60-39-22-37(55-10)44(31(8)58-39)61-38-21-36(54-9)41(50)30(7)57-38)26(3)13-12-14-32-24-56-45-40(49-53)29(6)19-35(46(51)59-34)48(32,45)52/h12-15,19,25-26,28,30-31,33-39,42-45,52-53H,11,16-18,20-24H2,1-10H3/b13-12+,27-15+,32-14+,49-40+. The predicted octanol–water partition coefficient (Wildman–Crippen LogP) is 6.28. The number of rotatable bonds is 8. The van der Waals surface area contributed by atoms with Crippen LogP contribution < -0.4 is 0 Å². The molecule has 0 radical (unpaired) electrons. The maximum Gasteiger partial charge on any atom is 0.316 e. The van der Waals surface area contributed by atoms with E-state index in [1.165, 1.54) is 7.11 Å². The summed E-state index contributed by atoms with van der Waals surface area (Å²) in [5, 5.41) is 26.2. The molecule has 18 unspecified atom stereocenters. The summed E-state index contributed by atoms with van der Waals surface area (Å²) in [6.45, 7) is 16.1. The Balaban J connectivity index is 1.19. The van der Waals surface area contributed by atoms with E-state index in [2.05, 4.69) is 38.9 Å². The van der Waals surface area contributed by atoms with E-state index in [1.807, 2.05) is 26.0 Å². The molecule has 0 aromatic carbocycles. The zero-order chi connectivity index (χ0) is 45.4.